The number of piperidine rings is 1. The number of carbonyl (C=O) groups excluding carboxylic acids is 2. The molecule has 0 aromatic heterocycles. The van der Waals surface area contributed by atoms with E-state index in [2.05, 4.69) is 5.32 Å². The third-order valence-electron chi connectivity index (χ3n) is 7.19. The minimum Gasteiger partial charge on any atom is -0.494 e. The third kappa shape index (κ3) is 6.38. The number of carbonyl (C=O) groups is 2. The van der Waals surface area contributed by atoms with Gasteiger partial charge in [0.2, 0.25) is 5.91 Å². The standard InChI is InChI=1S/C28H37N3O3/c1-30-22-28(13-15-29-16-14-28)12-6-17-31(26(32)20-23-8-3-2-4-9-23)18-7-19-34-25-11-5-10-24(21-25)27(30)33/h2-5,8-11,21,29H,6-7,12-20,22H2,1H3. The van der Waals surface area contributed by atoms with Gasteiger partial charge in [-0.3, -0.25) is 9.59 Å². The lowest BCUT2D eigenvalue weighted by Gasteiger charge is -2.41. The van der Waals surface area contributed by atoms with Crippen molar-refractivity contribution < 1.29 is 14.3 Å². The summed E-state index contributed by atoms with van der Waals surface area (Å²) in [5.41, 5.74) is 1.79. The van der Waals surface area contributed by atoms with Gasteiger partial charge in [0.25, 0.3) is 5.91 Å². The molecular formula is C28H37N3O3. The van der Waals surface area contributed by atoms with E-state index in [1.165, 1.54) is 0 Å². The van der Waals surface area contributed by atoms with Gasteiger partial charge in [0.15, 0.2) is 0 Å². The molecule has 6 heteroatoms. The predicted molar refractivity (Wildman–Crippen MR) is 134 cm³/mol. The minimum atomic E-state index is 0.0397. The van der Waals surface area contributed by atoms with Crippen molar-refractivity contribution in [2.75, 3.05) is 46.4 Å². The molecule has 0 saturated carbocycles. The fourth-order valence-electron chi connectivity index (χ4n) is 5.29. The van der Waals surface area contributed by atoms with E-state index in [0.29, 0.717) is 30.9 Å². The largest absolute Gasteiger partial charge is 0.494 e. The smallest absolute Gasteiger partial charge is 0.253 e. The molecular weight excluding hydrogens is 426 g/mol. The topological polar surface area (TPSA) is 61.9 Å². The SMILES string of the molecule is CN1CC2(CCCN(C(=O)Cc3ccccc3)CCCOc3cccc(c3)C1=O)CCNCC2. The Labute approximate surface area is 203 Å². The molecule has 1 saturated heterocycles. The highest BCUT2D eigenvalue weighted by molar-refractivity contribution is 5.94. The summed E-state index contributed by atoms with van der Waals surface area (Å²) in [6.07, 6.45) is 5.23. The Morgan fingerprint density at radius 2 is 1.76 bits per heavy atom. The van der Waals surface area contributed by atoms with Crippen molar-refractivity contribution in [3.63, 3.8) is 0 Å². The van der Waals surface area contributed by atoms with Crippen molar-refractivity contribution >= 4 is 11.8 Å². The molecule has 182 valence electrons. The summed E-state index contributed by atoms with van der Waals surface area (Å²) >= 11 is 0. The predicted octanol–water partition coefficient (Wildman–Crippen LogP) is 3.76. The fraction of sp³-hybridized carbons (Fsp3) is 0.500. The van der Waals surface area contributed by atoms with E-state index in [1.807, 2.05) is 71.4 Å². The molecule has 0 atom stereocenters. The zero-order chi connectivity index (χ0) is 23.8. The van der Waals surface area contributed by atoms with E-state index in [9.17, 15) is 9.59 Å². The van der Waals surface area contributed by atoms with Crippen molar-refractivity contribution in [2.45, 2.75) is 38.5 Å². The van der Waals surface area contributed by atoms with Crippen LogP contribution in [-0.4, -0.2) is 68.0 Å². The van der Waals surface area contributed by atoms with Crippen LogP contribution in [0, 0.1) is 5.41 Å². The van der Waals surface area contributed by atoms with Crippen LogP contribution in [0.4, 0.5) is 0 Å². The van der Waals surface area contributed by atoms with Crippen LogP contribution in [0.1, 0.15) is 48.0 Å². The molecule has 2 aromatic rings. The van der Waals surface area contributed by atoms with Crippen molar-refractivity contribution in [3.8, 4) is 5.75 Å². The number of hydrogen-bond donors (Lipinski definition) is 1. The van der Waals surface area contributed by atoms with Gasteiger partial charge in [-0.15, -0.1) is 0 Å². The van der Waals surface area contributed by atoms with E-state index in [1.54, 1.807) is 0 Å². The Kier molecular flexibility index (Phi) is 8.22. The maximum Gasteiger partial charge on any atom is 0.253 e. The molecule has 2 amide bonds. The number of ether oxygens (including phenoxy) is 1. The molecule has 4 rings (SSSR count). The van der Waals surface area contributed by atoms with E-state index >= 15 is 0 Å². The summed E-state index contributed by atoms with van der Waals surface area (Å²) in [6, 6.07) is 17.4. The second-order valence-corrected chi connectivity index (χ2v) is 9.79. The second-order valence-electron chi connectivity index (χ2n) is 9.79. The molecule has 34 heavy (non-hydrogen) atoms. The first-order valence-corrected chi connectivity index (χ1v) is 12.6. The van der Waals surface area contributed by atoms with Gasteiger partial charge in [-0.25, -0.2) is 0 Å². The summed E-state index contributed by atoms with van der Waals surface area (Å²) < 4.78 is 5.95. The number of rotatable bonds is 2. The highest BCUT2D eigenvalue weighted by atomic mass is 16.5. The molecule has 1 fully saturated rings. The van der Waals surface area contributed by atoms with Gasteiger partial charge in [0.05, 0.1) is 13.0 Å². The van der Waals surface area contributed by atoms with Crippen LogP contribution >= 0.6 is 0 Å². The number of nitrogens with zero attached hydrogens (tertiary/aromatic N) is 2. The third-order valence-corrected chi connectivity index (χ3v) is 7.19. The van der Waals surface area contributed by atoms with Crippen molar-refractivity contribution in [3.05, 3.63) is 65.7 Å². The molecule has 2 aliphatic heterocycles. The number of hydrogen-bond acceptors (Lipinski definition) is 4. The van der Waals surface area contributed by atoms with E-state index in [4.69, 9.17) is 4.74 Å². The molecule has 1 spiro atoms. The quantitative estimate of drug-likeness (QED) is 0.737. The first kappa shape index (κ1) is 24.3. The summed E-state index contributed by atoms with van der Waals surface area (Å²) in [6.45, 7) is 4.61. The normalized spacial score (nSPS) is 19.7. The van der Waals surface area contributed by atoms with Crippen LogP contribution < -0.4 is 10.1 Å². The Hall–Kier alpha value is -2.86. The number of amides is 2. The number of benzene rings is 2. The Balaban J connectivity index is 1.52. The Morgan fingerprint density at radius 1 is 1.00 bits per heavy atom. The molecule has 2 bridgehead atoms. The molecule has 6 nitrogen and oxygen atoms in total. The van der Waals surface area contributed by atoms with Gasteiger partial charge < -0.3 is 19.9 Å². The number of nitrogens with one attached hydrogen (secondary N) is 1. The highest BCUT2D eigenvalue weighted by Crippen LogP contribution is 2.35. The van der Waals surface area contributed by atoms with E-state index in [-0.39, 0.29) is 17.2 Å². The summed E-state index contributed by atoms with van der Waals surface area (Å²) in [4.78, 5) is 30.3. The van der Waals surface area contributed by atoms with Gasteiger partial charge in [0, 0.05) is 32.2 Å². The fourth-order valence-corrected chi connectivity index (χ4v) is 5.29. The molecule has 2 aliphatic rings. The lowest BCUT2D eigenvalue weighted by Crippen LogP contribution is -2.46. The molecule has 1 N–H and O–H groups in total. The Morgan fingerprint density at radius 3 is 2.56 bits per heavy atom. The Bertz CT molecular complexity index is 956. The maximum atomic E-state index is 13.2. The molecule has 0 aliphatic carbocycles. The van der Waals surface area contributed by atoms with Gasteiger partial charge >= 0.3 is 0 Å². The first-order valence-electron chi connectivity index (χ1n) is 12.6. The summed E-state index contributed by atoms with van der Waals surface area (Å²) in [7, 11) is 1.91. The van der Waals surface area contributed by atoms with Gasteiger partial charge in [0.1, 0.15) is 5.75 Å². The minimum absolute atomic E-state index is 0.0397. The van der Waals surface area contributed by atoms with Gasteiger partial charge in [-0.05, 0) is 74.4 Å². The van der Waals surface area contributed by atoms with Crippen molar-refractivity contribution in [2.24, 2.45) is 5.41 Å². The van der Waals surface area contributed by atoms with Crippen molar-refractivity contribution in [1.82, 2.24) is 15.1 Å². The second kappa shape index (κ2) is 11.5. The average molecular weight is 464 g/mol. The average Bonchev–Trinajstić information content (AvgIpc) is 2.86. The van der Waals surface area contributed by atoms with Crippen molar-refractivity contribution in [1.29, 1.82) is 0 Å². The van der Waals surface area contributed by atoms with Crippen LogP contribution in [0.5, 0.6) is 5.75 Å². The monoisotopic (exact) mass is 463 g/mol. The van der Waals surface area contributed by atoms with Crippen LogP contribution in [0.25, 0.3) is 0 Å². The zero-order valence-electron chi connectivity index (χ0n) is 20.3. The lowest BCUT2D eigenvalue weighted by atomic mass is 9.74. The van der Waals surface area contributed by atoms with Gasteiger partial charge in [-0.2, -0.15) is 0 Å². The molecule has 2 heterocycles. The maximum absolute atomic E-state index is 13.2. The van der Waals surface area contributed by atoms with Crippen LogP contribution in [-0.2, 0) is 11.2 Å². The first-order chi connectivity index (χ1) is 16.5. The summed E-state index contributed by atoms with van der Waals surface area (Å²) in [5.74, 6) is 0.912. The summed E-state index contributed by atoms with van der Waals surface area (Å²) in [5, 5.41) is 3.47. The van der Waals surface area contributed by atoms with Gasteiger partial charge in [-0.1, -0.05) is 36.4 Å². The zero-order valence-corrected chi connectivity index (χ0v) is 20.3. The van der Waals surface area contributed by atoms with Crippen LogP contribution in [0.2, 0.25) is 0 Å². The molecule has 0 radical (unpaired) electrons. The highest BCUT2D eigenvalue weighted by Gasteiger charge is 2.34. The van der Waals surface area contributed by atoms with Crippen LogP contribution in [0.15, 0.2) is 54.6 Å². The van der Waals surface area contributed by atoms with Crippen LogP contribution in [0.3, 0.4) is 0 Å². The number of fused-ring (bicyclic) bond motifs is 2. The molecule has 2 aromatic carbocycles. The lowest BCUT2D eigenvalue weighted by molar-refractivity contribution is -0.130. The molecule has 0 unspecified atom stereocenters. The van der Waals surface area contributed by atoms with E-state index < -0.39 is 0 Å². The van der Waals surface area contributed by atoms with E-state index in [0.717, 1.165) is 63.8 Å².